The predicted molar refractivity (Wildman–Crippen MR) is 104 cm³/mol. The molecule has 1 aliphatic rings. The van der Waals surface area contributed by atoms with Gasteiger partial charge in [-0.05, 0) is 24.6 Å². The Balaban J connectivity index is 1.85. The number of anilines is 1. The molecule has 0 spiro atoms. The number of rotatable bonds is 8. The maximum absolute atomic E-state index is 12.3. The lowest BCUT2D eigenvalue weighted by Gasteiger charge is -2.34. The highest BCUT2D eigenvalue weighted by Gasteiger charge is 2.26. The standard InChI is InChI=1S/C18H24N6O5/c19-18(20)24-8-7-23(15(26)11-24)10-14(25)22-13-4-1-3-12(9-13)17(29)21-6-2-5-16(27)28/h1,3-4,9H,2,5-8,10-11H2,(H3,19,20)(H,21,29)(H,22,25)(H,27,28). The van der Waals surface area contributed by atoms with Crippen LogP contribution in [0.25, 0.3) is 0 Å². The maximum atomic E-state index is 12.3. The van der Waals surface area contributed by atoms with E-state index in [9.17, 15) is 19.2 Å². The first kappa shape index (κ1) is 21.7. The number of benzene rings is 1. The summed E-state index contributed by atoms with van der Waals surface area (Å²) in [6, 6.07) is 6.31. The van der Waals surface area contributed by atoms with E-state index in [2.05, 4.69) is 10.6 Å². The van der Waals surface area contributed by atoms with Gasteiger partial charge in [-0.15, -0.1) is 0 Å². The van der Waals surface area contributed by atoms with Crippen LogP contribution < -0.4 is 16.4 Å². The fourth-order valence-electron chi connectivity index (χ4n) is 2.74. The largest absolute Gasteiger partial charge is 0.481 e. The zero-order valence-corrected chi connectivity index (χ0v) is 15.8. The number of carboxylic acid groups (broad SMARTS) is 1. The van der Waals surface area contributed by atoms with Gasteiger partial charge in [0.25, 0.3) is 5.91 Å². The van der Waals surface area contributed by atoms with Gasteiger partial charge in [0.2, 0.25) is 11.8 Å². The molecule has 11 heteroatoms. The van der Waals surface area contributed by atoms with Gasteiger partial charge < -0.3 is 31.3 Å². The van der Waals surface area contributed by atoms with Gasteiger partial charge in [0.05, 0.1) is 13.1 Å². The van der Waals surface area contributed by atoms with E-state index in [-0.39, 0.29) is 50.4 Å². The second-order valence-corrected chi connectivity index (χ2v) is 6.50. The molecule has 156 valence electrons. The summed E-state index contributed by atoms with van der Waals surface area (Å²) in [7, 11) is 0. The summed E-state index contributed by atoms with van der Waals surface area (Å²) in [5.74, 6) is -2.18. The highest BCUT2D eigenvalue weighted by atomic mass is 16.4. The monoisotopic (exact) mass is 404 g/mol. The third-order valence-corrected chi connectivity index (χ3v) is 4.26. The van der Waals surface area contributed by atoms with Crippen molar-refractivity contribution in [1.82, 2.24) is 15.1 Å². The molecule has 0 atom stereocenters. The Morgan fingerprint density at radius 2 is 2.00 bits per heavy atom. The van der Waals surface area contributed by atoms with Gasteiger partial charge in [-0.1, -0.05) is 6.07 Å². The van der Waals surface area contributed by atoms with Crippen LogP contribution in [0.3, 0.4) is 0 Å². The van der Waals surface area contributed by atoms with Crippen LogP contribution in [0, 0.1) is 5.41 Å². The molecule has 29 heavy (non-hydrogen) atoms. The lowest BCUT2D eigenvalue weighted by molar-refractivity contribution is -0.137. The maximum Gasteiger partial charge on any atom is 0.303 e. The van der Waals surface area contributed by atoms with Crippen molar-refractivity contribution in [3.8, 4) is 0 Å². The van der Waals surface area contributed by atoms with Crippen molar-refractivity contribution in [2.24, 2.45) is 5.73 Å². The van der Waals surface area contributed by atoms with Crippen LogP contribution in [0.15, 0.2) is 24.3 Å². The molecule has 1 fully saturated rings. The predicted octanol–water partition coefficient (Wildman–Crippen LogP) is -0.743. The summed E-state index contributed by atoms with van der Waals surface area (Å²) < 4.78 is 0. The number of piperazine rings is 1. The van der Waals surface area contributed by atoms with Crippen molar-refractivity contribution in [3.05, 3.63) is 29.8 Å². The van der Waals surface area contributed by atoms with Crippen LogP contribution >= 0.6 is 0 Å². The zero-order chi connectivity index (χ0) is 21.4. The van der Waals surface area contributed by atoms with E-state index in [0.717, 1.165) is 0 Å². The number of nitrogens with one attached hydrogen (secondary N) is 3. The number of hydrogen-bond donors (Lipinski definition) is 5. The SMILES string of the molecule is N=C(N)N1CCN(CC(=O)Nc2cccc(C(=O)NCCCC(=O)O)c2)C(=O)C1. The Bertz CT molecular complexity index is 812. The lowest BCUT2D eigenvalue weighted by Crippen LogP contribution is -2.55. The first-order valence-corrected chi connectivity index (χ1v) is 9.03. The number of amides is 3. The number of guanidine groups is 1. The average molecular weight is 404 g/mol. The minimum absolute atomic E-state index is 0.0320. The Hall–Kier alpha value is -3.63. The molecule has 0 bridgehead atoms. The zero-order valence-electron chi connectivity index (χ0n) is 15.8. The van der Waals surface area contributed by atoms with E-state index in [1.54, 1.807) is 18.2 Å². The third-order valence-electron chi connectivity index (χ3n) is 4.26. The number of nitrogens with zero attached hydrogens (tertiary/aromatic N) is 2. The average Bonchev–Trinajstić information content (AvgIpc) is 2.66. The van der Waals surface area contributed by atoms with Crippen molar-refractivity contribution in [3.63, 3.8) is 0 Å². The van der Waals surface area contributed by atoms with Gasteiger partial charge in [-0.25, -0.2) is 0 Å². The molecule has 11 nitrogen and oxygen atoms in total. The summed E-state index contributed by atoms with van der Waals surface area (Å²) in [4.78, 5) is 49.7. The van der Waals surface area contributed by atoms with Gasteiger partial charge in [-0.2, -0.15) is 0 Å². The molecule has 0 radical (unpaired) electrons. The molecule has 1 aromatic rings. The van der Waals surface area contributed by atoms with Crippen LogP contribution in [0.4, 0.5) is 5.69 Å². The molecule has 1 saturated heterocycles. The van der Waals surface area contributed by atoms with E-state index in [1.165, 1.54) is 15.9 Å². The molecule has 0 aliphatic carbocycles. The van der Waals surface area contributed by atoms with E-state index in [1.807, 2.05) is 0 Å². The van der Waals surface area contributed by atoms with Crippen LogP contribution in [0.1, 0.15) is 23.2 Å². The lowest BCUT2D eigenvalue weighted by atomic mass is 10.2. The van der Waals surface area contributed by atoms with Crippen molar-refractivity contribution in [2.75, 3.05) is 38.0 Å². The Morgan fingerprint density at radius 1 is 1.24 bits per heavy atom. The molecule has 3 amide bonds. The second-order valence-electron chi connectivity index (χ2n) is 6.50. The summed E-state index contributed by atoms with van der Waals surface area (Å²) in [6.45, 7) is 0.711. The first-order chi connectivity index (χ1) is 13.8. The second kappa shape index (κ2) is 10.1. The van der Waals surface area contributed by atoms with E-state index in [4.69, 9.17) is 16.2 Å². The van der Waals surface area contributed by atoms with Crippen LogP contribution in [-0.4, -0.2) is 77.3 Å². The molecular formula is C18H24N6O5. The fourth-order valence-corrected chi connectivity index (χ4v) is 2.74. The summed E-state index contributed by atoms with van der Waals surface area (Å²) in [5, 5.41) is 21.2. The number of carboxylic acids is 1. The van der Waals surface area contributed by atoms with Crippen LogP contribution in [0.5, 0.6) is 0 Å². The summed E-state index contributed by atoms with van der Waals surface area (Å²) in [6.07, 6.45) is 0.290. The van der Waals surface area contributed by atoms with Crippen molar-refractivity contribution >= 4 is 35.3 Å². The quantitative estimate of drug-likeness (QED) is 0.216. The Morgan fingerprint density at radius 3 is 2.66 bits per heavy atom. The van der Waals surface area contributed by atoms with Gasteiger partial charge in [-0.3, -0.25) is 24.6 Å². The fraction of sp³-hybridized carbons (Fsp3) is 0.389. The Labute approximate surface area is 167 Å². The molecule has 0 saturated carbocycles. The molecule has 6 N–H and O–H groups in total. The molecule has 1 aliphatic heterocycles. The van der Waals surface area contributed by atoms with Crippen LogP contribution in [-0.2, 0) is 14.4 Å². The highest BCUT2D eigenvalue weighted by Crippen LogP contribution is 2.11. The minimum atomic E-state index is -0.926. The number of carbonyl (C=O) groups excluding carboxylic acids is 3. The van der Waals surface area contributed by atoms with Crippen molar-refractivity contribution in [1.29, 1.82) is 5.41 Å². The minimum Gasteiger partial charge on any atom is -0.481 e. The normalized spacial score (nSPS) is 13.7. The number of carbonyl (C=O) groups is 4. The summed E-state index contributed by atoms with van der Waals surface area (Å²) in [5.41, 5.74) is 6.10. The smallest absolute Gasteiger partial charge is 0.303 e. The van der Waals surface area contributed by atoms with Gasteiger partial charge >= 0.3 is 5.97 Å². The van der Waals surface area contributed by atoms with Gasteiger partial charge in [0.1, 0.15) is 0 Å². The molecule has 2 rings (SSSR count). The van der Waals surface area contributed by atoms with Crippen molar-refractivity contribution in [2.45, 2.75) is 12.8 Å². The van der Waals surface area contributed by atoms with Gasteiger partial charge in [0, 0.05) is 37.3 Å². The van der Waals surface area contributed by atoms with Crippen LogP contribution in [0.2, 0.25) is 0 Å². The van der Waals surface area contributed by atoms with Crippen molar-refractivity contribution < 1.29 is 24.3 Å². The molecule has 0 unspecified atom stereocenters. The summed E-state index contributed by atoms with van der Waals surface area (Å²) >= 11 is 0. The Kier molecular flexibility index (Phi) is 7.52. The number of nitrogens with two attached hydrogens (primary N) is 1. The molecule has 1 heterocycles. The van der Waals surface area contributed by atoms with Gasteiger partial charge in [0.15, 0.2) is 5.96 Å². The first-order valence-electron chi connectivity index (χ1n) is 9.03. The van der Waals surface area contributed by atoms with E-state index < -0.39 is 11.9 Å². The topological polar surface area (TPSA) is 169 Å². The van der Waals surface area contributed by atoms with E-state index >= 15 is 0 Å². The number of hydrogen-bond acceptors (Lipinski definition) is 5. The molecule has 0 aromatic heterocycles. The number of aliphatic carboxylic acids is 1. The molecular weight excluding hydrogens is 380 g/mol. The highest BCUT2D eigenvalue weighted by molar-refractivity contribution is 5.98. The third kappa shape index (κ3) is 6.79. The molecule has 1 aromatic carbocycles. The van der Waals surface area contributed by atoms with E-state index in [0.29, 0.717) is 24.2 Å².